The van der Waals surface area contributed by atoms with Gasteiger partial charge in [-0.25, -0.2) is 0 Å². The minimum absolute atomic E-state index is 0.0791. The number of para-hydroxylation sites is 1. The van der Waals surface area contributed by atoms with Gasteiger partial charge in [0, 0.05) is 16.5 Å². The molecule has 0 saturated carbocycles. The molecule has 0 aliphatic carbocycles. The van der Waals surface area contributed by atoms with E-state index in [0.717, 1.165) is 48.5 Å². The third-order valence-electron chi connectivity index (χ3n) is 5.00. The second-order valence-corrected chi connectivity index (χ2v) is 7.24. The molecule has 0 radical (unpaired) electrons. The molecule has 0 aliphatic rings. The number of hydrogen-bond acceptors (Lipinski definition) is 3. The molecule has 0 atom stereocenters. The smallest absolute Gasteiger partial charge is 0.416 e. The van der Waals surface area contributed by atoms with Crippen molar-refractivity contribution in [2.45, 2.75) is 12.4 Å². The van der Waals surface area contributed by atoms with Gasteiger partial charge in [0.2, 0.25) is 5.88 Å². The van der Waals surface area contributed by atoms with Gasteiger partial charge in [0.25, 0.3) is 5.91 Å². The number of carbonyl (C=O) groups excluding carboxylic acids is 2. The van der Waals surface area contributed by atoms with Crippen molar-refractivity contribution < 1.29 is 40.3 Å². The van der Waals surface area contributed by atoms with Crippen molar-refractivity contribution in [2.75, 3.05) is 5.32 Å². The van der Waals surface area contributed by atoms with E-state index in [-0.39, 0.29) is 28.2 Å². The number of halogens is 6. The molecule has 10 heteroatoms. The van der Waals surface area contributed by atoms with E-state index in [1.807, 2.05) is 0 Å². The summed E-state index contributed by atoms with van der Waals surface area (Å²) in [5.74, 6) is -1.83. The molecule has 3 aromatic carbocycles. The molecular formula is C24H13F6NO3. The molecule has 4 nitrogen and oxygen atoms in total. The summed E-state index contributed by atoms with van der Waals surface area (Å²) in [5.41, 5.74) is -1.95. The van der Waals surface area contributed by atoms with Crippen LogP contribution in [-0.2, 0) is 12.4 Å². The third kappa shape index (κ3) is 4.52. The first-order valence-electron chi connectivity index (χ1n) is 9.67. The molecule has 4 rings (SSSR count). The van der Waals surface area contributed by atoms with Crippen molar-refractivity contribution in [1.29, 1.82) is 0 Å². The Bertz CT molecular complexity index is 1370. The van der Waals surface area contributed by atoms with Crippen LogP contribution in [0.4, 0.5) is 32.2 Å². The highest BCUT2D eigenvalue weighted by Gasteiger charge is 2.32. The molecule has 1 aromatic heterocycles. The molecule has 0 aliphatic heterocycles. The fourth-order valence-corrected chi connectivity index (χ4v) is 3.30. The van der Waals surface area contributed by atoms with Gasteiger partial charge >= 0.3 is 12.4 Å². The standard InChI is InChI=1S/C24H13F6NO3/c25-23(26,27)15-9-5-13(6-10-15)20(32)19-17-3-1-2-4-18(17)34-22(19)31-21(33)14-7-11-16(12-8-14)24(28,29)30/h1-12H,(H,31,33). The zero-order chi connectivity index (χ0) is 24.7. The number of benzene rings is 3. The van der Waals surface area contributed by atoms with Crippen molar-refractivity contribution >= 4 is 28.5 Å². The quantitative estimate of drug-likeness (QED) is 0.256. The normalized spacial score (nSPS) is 12.1. The summed E-state index contributed by atoms with van der Waals surface area (Å²) < 4.78 is 82.4. The molecule has 0 saturated heterocycles. The first-order valence-corrected chi connectivity index (χ1v) is 9.67. The molecule has 1 N–H and O–H groups in total. The lowest BCUT2D eigenvalue weighted by atomic mass is 10.0. The number of rotatable bonds is 4. The fraction of sp³-hybridized carbons (Fsp3) is 0.0833. The molecular weight excluding hydrogens is 464 g/mol. The van der Waals surface area contributed by atoms with E-state index in [1.165, 1.54) is 12.1 Å². The Morgan fingerprint density at radius 1 is 0.676 bits per heavy atom. The van der Waals surface area contributed by atoms with Gasteiger partial charge < -0.3 is 4.42 Å². The van der Waals surface area contributed by atoms with Crippen LogP contribution in [0.25, 0.3) is 11.0 Å². The molecule has 1 amide bonds. The van der Waals surface area contributed by atoms with Gasteiger partial charge in [0.1, 0.15) is 5.58 Å². The van der Waals surface area contributed by atoms with Gasteiger partial charge in [-0.15, -0.1) is 0 Å². The van der Waals surface area contributed by atoms with Gasteiger partial charge in [0.15, 0.2) is 5.78 Å². The Morgan fingerprint density at radius 3 is 1.71 bits per heavy atom. The molecule has 0 bridgehead atoms. The molecule has 34 heavy (non-hydrogen) atoms. The SMILES string of the molecule is O=C(Nc1oc2ccccc2c1C(=O)c1ccc(C(F)(F)F)cc1)c1ccc(C(F)(F)F)cc1. The third-order valence-corrected chi connectivity index (χ3v) is 5.00. The zero-order valence-electron chi connectivity index (χ0n) is 16.9. The number of anilines is 1. The summed E-state index contributed by atoms with van der Waals surface area (Å²) in [5, 5.41) is 2.67. The van der Waals surface area contributed by atoms with E-state index < -0.39 is 35.2 Å². The largest absolute Gasteiger partial charge is 0.439 e. The maximum Gasteiger partial charge on any atom is 0.416 e. The molecule has 0 fully saturated rings. The fourth-order valence-electron chi connectivity index (χ4n) is 3.30. The van der Waals surface area contributed by atoms with E-state index >= 15 is 0 Å². The number of nitrogens with one attached hydrogen (secondary N) is 1. The predicted molar refractivity (Wildman–Crippen MR) is 110 cm³/mol. The number of carbonyl (C=O) groups is 2. The molecule has 0 unspecified atom stereocenters. The summed E-state index contributed by atoms with van der Waals surface area (Å²) in [4.78, 5) is 25.8. The van der Waals surface area contributed by atoms with Crippen molar-refractivity contribution in [3.05, 3.63) is 101 Å². The van der Waals surface area contributed by atoms with Gasteiger partial charge in [-0.1, -0.05) is 30.3 Å². The first kappa shape index (κ1) is 23.1. The van der Waals surface area contributed by atoms with E-state index in [2.05, 4.69) is 5.32 Å². The van der Waals surface area contributed by atoms with Crippen LogP contribution in [0.3, 0.4) is 0 Å². The van der Waals surface area contributed by atoms with Crippen molar-refractivity contribution in [2.24, 2.45) is 0 Å². The van der Waals surface area contributed by atoms with Crippen LogP contribution in [0, 0.1) is 0 Å². The van der Waals surface area contributed by atoms with Crippen molar-refractivity contribution in [3.8, 4) is 0 Å². The zero-order valence-corrected chi connectivity index (χ0v) is 16.9. The lowest BCUT2D eigenvalue weighted by Gasteiger charge is -2.09. The van der Waals surface area contributed by atoms with Gasteiger partial charge in [-0.3, -0.25) is 14.9 Å². The highest BCUT2D eigenvalue weighted by molar-refractivity contribution is 6.21. The average molecular weight is 477 g/mol. The topological polar surface area (TPSA) is 59.3 Å². The van der Waals surface area contributed by atoms with Crippen molar-refractivity contribution in [1.82, 2.24) is 0 Å². The van der Waals surface area contributed by atoms with E-state index in [1.54, 1.807) is 12.1 Å². The van der Waals surface area contributed by atoms with Crippen LogP contribution in [0.2, 0.25) is 0 Å². The number of hydrogen-bond donors (Lipinski definition) is 1. The van der Waals surface area contributed by atoms with Crippen LogP contribution in [0.1, 0.15) is 37.4 Å². The van der Waals surface area contributed by atoms with Gasteiger partial charge in [-0.05, 0) is 42.5 Å². The predicted octanol–water partition coefficient (Wildman–Crippen LogP) is 6.95. The number of fused-ring (bicyclic) bond motifs is 1. The summed E-state index contributed by atoms with van der Waals surface area (Å²) in [7, 11) is 0. The van der Waals surface area contributed by atoms with Crippen LogP contribution < -0.4 is 5.32 Å². The van der Waals surface area contributed by atoms with E-state index in [0.29, 0.717) is 5.39 Å². The van der Waals surface area contributed by atoms with Gasteiger partial charge in [0.05, 0.1) is 16.7 Å². The van der Waals surface area contributed by atoms with Crippen molar-refractivity contribution in [3.63, 3.8) is 0 Å². The number of ketones is 1. The lowest BCUT2D eigenvalue weighted by molar-refractivity contribution is -0.138. The van der Waals surface area contributed by atoms with Crippen LogP contribution in [0.15, 0.2) is 77.2 Å². The van der Waals surface area contributed by atoms with Crippen LogP contribution in [-0.4, -0.2) is 11.7 Å². The number of alkyl halides is 6. The summed E-state index contributed by atoms with van der Waals surface area (Å²) in [6.07, 6.45) is -9.15. The second-order valence-electron chi connectivity index (χ2n) is 7.24. The molecule has 4 aromatic rings. The van der Waals surface area contributed by atoms with Crippen LogP contribution >= 0.6 is 0 Å². The van der Waals surface area contributed by atoms with Crippen LogP contribution in [0.5, 0.6) is 0 Å². The maximum atomic E-state index is 13.2. The summed E-state index contributed by atoms with van der Waals surface area (Å²) in [6.45, 7) is 0. The molecule has 1 heterocycles. The molecule has 174 valence electrons. The highest BCUT2D eigenvalue weighted by atomic mass is 19.4. The summed E-state index contributed by atoms with van der Waals surface area (Å²) in [6, 6.07) is 13.2. The Morgan fingerprint density at radius 2 is 1.18 bits per heavy atom. The Balaban J connectivity index is 1.69. The highest BCUT2D eigenvalue weighted by Crippen LogP contribution is 2.34. The van der Waals surface area contributed by atoms with E-state index in [4.69, 9.17) is 4.42 Å². The lowest BCUT2D eigenvalue weighted by Crippen LogP contribution is -2.15. The van der Waals surface area contributed by atoms with E-state index in [9.17, 15) is 35.9 Å². The Kier molecular flexibility index (Phi) is 5.68. The Hall–Kier alpha value is -4.08. The minimum atomic E-state index is -4.58. The summed E-state index contributed by atoms with van der Waals surface area (Å²) >= 11 is 0. The Labute approximate surface area is 187 Å². The monoisotopic (exact) mass is 477 g/mol. The average Bonchev–Trinajstić information content (AvgIpc) is 3.15. The minimum Gasteiger partial charge on any atom is -0.439 e. The number of amides is 1. The first-order chi connectivity index (χ1) is 15.9. The van der Waals surface area contributed by atoms with Gasteiger partial charge in [-0.2, -0.15) is 26.3 Å². The molecule has 0 spiro atoms. The second kappa shape index (κ2) is 8.36. The maximum absolute atomic E-state index is 13.2. The number of furan rings is 1.